The lowest BCUT2D eigenvalue weighted by atomic mass is 9.91. The second-order valence-corrected chi connectivity index (χ2v) is 10.8. The van der Waals surface area contributed by atoms with Gasteiger partial charge in [-0.2, -0.15) is 0 Å². The third kappa shape index (κ3) is 4.29. The van der Waals surface area contributed by atoms with Gasteiger partial charge in [-0.05, 0) is 91.0 Å². The molecule has 4 aliphatic rings. The van der Waals surface area contributed by atoms with E-state index in [0.717, 1.165) is 29.4 Å². The van der Waals surface area contributed by atoms with Gasteiger partial charge in [0, 0.05) is 25.3 Å². The summed E-state index contributed by atoms with van der Waals surface area (Å²) in [4.78, 5) is 54.7. The number of carbonyl (C=O) groups is 4. The van der Waals surface area contributed by atoms with E-state index in [1.54, 1.807) is 23.1 Å². The molecule has 6 rings (SSSR count). The van der Waals surface area contributed by atoms with E-state index in [1.807, 2.05) is 0 Å². The number of carbonyl (C=O) groups excluding carboxylic acids is 4. The number of aryl methyl sites for hydroxylation is 2. The minimum atomic E-state index is -1.26. The van der Waals surface area contributed by atoms with Crippen molar-refractivity contribution in [3.63, 3.8) is 0 Å². The zero-order valence-electron chi connectivity index (χ0n) is 21.5. The van der Waals surface area contributed by atoms with Crippen molar-refractivity contribution in [3.8, 4) is 0 Å². The van der Waals surface area contributed by atoms with Crippen molar-refractivity contribution >= 4 is 29.6 Å². The molecule has 1 saturated heterocycles. The standard InChI is InChI=1S/C28H29F2N5O4/c1-31-26(38)32-19-5-6-20-17(10-19)8-9-28(20)25(37)35(27(39)33-28)14-24(36)34-13-18-12-22(30)21(29)11-16(18)4-7-23(34)15-2-3-15/h5-6,10-12,15,23H,2-4,7-9,13-14H2,1H3,(H,33,39)(H2,31,32,38)/t23-,28+/m0/s1. The van der Waals surface area contributed by atoms with Crippen LogP contribution in [-0.4, -0.2) is 53.3 Å². The Morgan fingerprint density at radius 2 is 1.77 bits per heavy atom. The first-order chi connectivity index (χ1) is 18.7. The normalized spacial score (nSPS) is 23.8. The maximum atomic E-state index is 14.1. The molecule has 1 saturated carbocycles. The first-order valence-corrected chi connectivity index (χ1v) is 13.2. The molecule has 204 valence electrons. The monoisotopic (exact) mass is 537 g/mol. The van der Waals surface area contributed by atoms with Crippen LogP contribution in [0.15, 0.2) is 30.3 Å². The fourth-order valence-electron chi connectivity index (χ4n) is 6.31. The molecular weight excluding hydrogens is 508 g/mol. The Bertz CT molecular complexity index is 1410. The Balaban J connectivity index is 1.23. The molecule has 2 fully saturated rings. The molecule has 0 aromatic heterocycles. The molecule has 0 radical (unpaired) electrons. The van der Waals surface area contributed by atoms with Crippen molar-refractivity contribution < 1.29 is 28.0 Å². The van der Waals surface area contributed by atoms with Gasteiger partial charge in [-0.3, -0.25) is 14.5 Å². The van der Waals surface area contributed by atoms with Crippen LogP contribution in [0, 0.1) is 17.6 Å². The number of hydrogen-bond acceptors (Lipinski definition) is 4. The zero-order chi connectivity index (χ0) is 27.5. The Hall–Kier alpha value is -4.02. The van der Waals surface area contributed by atoms with Crippen LogP contribution in [-0.2, 0) is 34.5 Å². The summed E-state index contributed by atoms with van der Waals surface area (Å²) in [6, 6.07) is 6.40. The Morgan fingerprint density at radius 3 is 2.49 bits per heavy atom. The van der Waals surface area contributed by atoms with Crippen molar-refractivity contribution in [2.24, 2.45) is 5.92 Å². The molecule has 1 spiro atoms. The van der Waals surface area contributed by atoms with Crippen LogP contribution in [0.5, 0.6) is 0 Å². The summed E-state index contributed by atoms with van der Waals surface area (Å²) in [5.74, 6) is -2.46. The minimum Gasteiger partial charge on any atom is -0.341 e. The number of hydrogen-bond donors (Lipinski definition) is 3. The van der Waals surface area contributed by atoms with E-state index in [-0.39, 0.29) is 18.6 Å². The number of fused-ring (bicyclic) bond motifs is 3. The third-order valence-electron chi connectivity index (χ3n) is 8.47. The third-order valence-corrected chi connectivity index (χ3v) is 8.47. The highest BCUT2D eigenvalue weighted by atomic mass is 19.2. The van der Waals surface area contributed by atoms with E-state index in [9.17, 15) is 28.0 Å². The predicted molar refractivity (Wildman–Crippen MR) is 137 cm³/mol. The predicted octanol–water partition coefficient (Wildman–Crippen LogP) is 3.16. The van der Waals surface area contributed by atoms with Gasteiger partial charge in [0.15, 0.2) is 11.6 Å². The maximum absolute atomic E-state index is 14.1. The van der Waals surface area contributed by atoms with Gasteiger partial charge in [-0.15, -0.1) is 0 Å². The smallest absolute Gasteiger partial charge is 0.325 e. The summed E-state index contributed by atoms with van der Waals surface area (Å²) in [6.07, 6.45) is 3.92. The highest BCUT2D eigenvalue weighted by Crippen LogP contribution is 2.43. The number of nitrogens with zero attached hydrogens (tertiary/aromatic N) is 2. The lowest BCUT2D eigenvalue weighted by molar-refractivity contribution is -0.141. The van der Waals surface area contributed by atoms with Gasteiger partial charge in [-0.1, -0.05) is 6.07 Å². The molecule has 3 N–H and O–H groups in total. The Labute approximate surface area is 223 Å². The van der Waals surface area contributed by atoms with Crippen molar-refractivity contribution in [2.45, 2.75) is 56.7 Å². The second-order valence-electron chi connectivity index (χ2n) is 10.8. The van der Waals surface area contributed by atoms with Crippen LogP contribution in [0.25, 0.3) is 0 Å². The fraction of sp³-hybridized carbons (Fsp3) is 0.429. The van der Waals surface area contributed by atoms with Crippen molar-refractivity contribution in [1.29, 1.82) is 0 Å². The Morgan fingerprint density at radius 1 is 1.03 bits per heavy atom. The molecule has 2 heterocycles. The van der Waals surface area contributed by atoms with E-state index in [0.29, 0.717) is 54.0 Å². The first-order valence-electron chi connectivity index (χ1n) is 13.2. The molecule has 0 unspecified atom stereocenters. The van der Waals surface area contributed by atoms with Crippen LogP contribution in [0.1, 0.15) is 47.9 Å². The van der Waals surface area contributed by atoms with Gasteiger partial charge in [0.2, 0.25) is 5.91 Å². The Kier molecular flexibility index (Phi) is 6.04. The summed E-state index contributed by atoms with van der Waals surface area (Å²) >= 11 is 0. The van der Waals surface area contributed by atoms with Gasteiger partial charge in [-0.25, -0.2) is 18.4 Å². The topological polar surface area (TPSA) is 111 Å². The van der Waals surface area contributed by atoms with Gasteiger partial charge in [0.05, 0.1) is 0 Å². The lowest BCUT2D eigenvalue weighted by Gasteiger charge is -2.31. The number of amides is 6. The molecule has 9 nitrogen and oxygen atoms in total. The van der Waals surface area contributed by atoms with E-state index in [2.05, 4.69) is 16.0 Å². The molecule has 2 aromatic carbocycles. The molecule has 2 aliphatic heterocycles. The van der Waals surface area contributed by atoms with E-state index < -0.39 is 41.6 Å². The van der Waals surface area contributed by atoms with Crippen molar-refractivity contribution in [2.75, 3.05) is 18.9 Å². The van der Waals surface area contributed by atoms with Crippen LogP contribution < -0.4 is 16.0 Å². The molecular formula is C28H29F2N5O4. The van der Waals surface area contributed by atoms with Crippen molar-refractivity contribution in [1.82, 2.24) is 20.4 Å². The van der Waals surface area contributed by atoms with Gasteiger partial charge in [0.1, 0.15) is 12.1 Å². The zero-order valence-corrected chi connectivity index (χ0v) is 21.5. The second kappa shape index (κ2) is 9.32. The van der Waals surface area contributed by atoms with Crippen molar-refractivity contribution in [3.05, 3.63) is 64.2 Å². The van der Waals surface area contributed by atoms with E-state index >= 15 is 0 Å². The van der Waals surface area contributed by atoms with Crippen LogP contribution in [0.2, 0.25) is 0 Å². The van der Waals surface area contributed by atoms with Gasteiger partial charge in [0.25, 0.3) is 5.91 Å². The summed E-state index contributed by atoms with van der Waals surface area (Å²) in [5, 5.41) is 8.01. The summed E-state index contributed by atoms with van der Waals surface area (Å²) in [5.41, 5.74) is 2.01. The number of urea groups is 2. The molecule has 2 atom stereocenters. The number of nitrogens with one attached hydrogen (secondary N) is 3. The summed E-state index contributed by atoms with van der Waals surface area (Å²) < 4.78 is 28.0. The number of benzene rings is 2. The first kappa shape index (κ1) is 25.3. The molecule has 39 heavy (non-hydrogen) atoms. The molecule has 2 aliphatic carbocycles. The lowest BCUT2D eigenvalue weighted by Crippen LogP contribution is -2.48. The van der Waals surface area contributed by atoms with E-state index in [1.165, 1.54) is 13.1 Å². The van der Waals surface area contributed by atoms with Gasteiger partial charge >= 0.3 is 12.1 Å². The number of halogens is 2. The molecule has 11 heteroatoms. The van der Waals surface area contributed by atoms with Crippen LogP contribution >= 0.6 is 0 Å². The molecule has 0 bridgehead atoms. The highest BCUT2D eigenvalue weighted by molar-refractivity contribution is 6.10. The SMILES string of the molecule is CNC(=O)Nc1ccc2c(c1)CC[C@@]21NC(=O)N(CC(=O)N2Cc3cc(F)c(F)cc3CC[C@H]2C2CC2)C1=O. The van der Waals surface area contributed by atoms with Crippen LogP contribution in [0.4, 0.5) is 24.1 Å². The number of anilines is 1. The maximum Gasteiger partial charge on any atom is 0.325 e. The quantitative estimate of drug-likeness (QED) is 0.521. The number of rotatable bonds is 4. The van der Waals surface area contributed by atoms with Gasteiger partial charge < -0.3 is 20.9 Å². The minimum absolute atomic E-state index is 0.102. The average Bonchev–Trinajstić information content (AvgIpc) is 3.68. The summed E-state index contributed by atoms with van der Waals surface area (Å²) in [7, 11) is 1.51. The summed E-state index contributed by atoms with van der Waals surface area (Å²) in [6.45, 7) is -0.328. The number of imide groups is 1. The average molecular weight is 538 g/mol. The molecule has 2 aromatic rings. The largest absolute Gasteiger partial charge is 0.341 e. The van der Waals surface area contributed by atoms with Crippen LogP contribution in [0.3, 0.4) is 0 Å². The molecule has 6 amide bonds. The fourth-order valence-corrected chi connectivity index (χ4v) is 6.31. The highest BCUT2D eigenvalue weighted by Gasteiger charge is 2.56. The van der Waals surface area contributed by atoms with E-state index in [4.69, 9.17) is 0 Å².